The van der Waals surface area contributed by atoms with E-state index in [4.69, 9.17) is 4.74 Å². The number of alkyl halides is 3. The molecule has 1 atom stereocenters. The maximum atomic E-state index is 12.4. The third-order valence-electron chi connectivity index (χ3n) is 2.44. The highest BCUT2D eigenvalue weighted by atomic mass is 32.2. The summed E-state index contributed by atoms with van der Waals surface area (Å²) in [7, 11) is -3.39. The molecular formula is C11H9F3O3S. The predicted molar refractivity (Wildman–Crippen MR) is 59.1 cm³/mol. The fraction of sp³-hybridized carbons (Fsp3) is 0.273. The summed E-state index contributed by atoms with van der Waals surface area (Å²) in [5, 5.41) is 0. The van der Waals surface area contributed by atoms with Gasteiger partial charge in [-0.2, -0.15) is 13.2 Å². The van der Waals surface area contributed by atoms with Gasteiger partial charge in [-0.25, -0.2) is 8.42 Å². The van der Waals surface area contributed by atoms with Gasteiger partial charge in [-0.15, -0.1) is 0 Å². The van der Waals surface area contributed by atoms with Crippen molar-refractivity contribution in [2.24, 2.45) is 0 Å². The maximum Gasteiger partial charge on any atom is 0.429 e. The molecule has 0 N–H and O–H groups in total. The average molecular weight is 278 g/mol. The van der Waals surface area contributed by atoms with Crippen LogP contribution >= 0.6 is 0 Å². The fourth-order valence-electron chi connectivity index (χ4n) is 1.54. The molecule has 1 aliphatic rings. The van der Waals surface area contributed by atoms with Gasteiger partial charge >= 0.3 is 6.18 Å². The van der Waals surface area contributed by atoms with E-state index < -0.39 is 22.1 Å². The summed E-state index contributed by atoms with van der Waals surface area (Å²) in [6, 6.07) is 3.74. The van der Waals surface area contributed by atoms with Crippen molar-refractivity contribution in [2.75, 3.05) is 6.26 Å². The van der Waals surface area contributed by atoms with Gasteiger partial charge in [0.2, 0.25) is 6.10 Å². The second kappa shape index (κ2) is 4.01. The van der Waals surface area contributed by atoms with Crippen molar-refractivity contribution in [3.63, 3.8) is 0 Å². The van der Waals surface area contributed by atoms with Crippen LogP contribution in [0.15, 0.2) is 29.2 Å². The molecule has 0 saturated carbocycles. The summed E-state index contributed by atoms with van der Waals surface area (Å²) >= 11 is 0. The maximum absolute atomic E-state index is 12.4. The molecule has 1 aromatic rings. The van der Waals surface area contributed by atoms with Gasteiger partial charge in [0.25, 0.3) is 0 Å². The van der Waals surface area contributed by atoms with Gasteiger partial charge in [0.15, 0.2) is 9.84 Å². The van der Waals surface area contributed by atoms with Crippen molar-refractivity contribution in [1.29, 1.82) is 0 Å². The summed E-state index contributed by atoms with van der Waals surface area (Å²) in [5.41, 5.74) is 0.318. The number of hydrogen-bond donors (Lipinski definition) is 0. The Morgan fingerprint density at radius 3 is 2.50 bits per heavy atom. The minimum absolute atomic E-state index is 0.0206. The molecular weight excluding hydrogens is 269 g/mol. The quantitative estimate of drug-likeness (QED) is 0.792. The largest absolute Gasteiger partial charge is 0.476 e. The molecule has 0 amide bonds. The van der Waals surface area contributed by atoms with E-state index in [1.54, 1.807) is 0 Å². The van der Waals surface area contributed by atoms with Gasteiger partial charge in [-0.05, 0) is 24.3 Å². The molecule has 0 spiro atoms. The highest BCUT2D eigenvalue weighted by Gasteiger charge is 2.41. The Labute approximate surface area is 102 Å². The Morgan fingerprint density at radius 2 is 1.94 bits per heavy atom. The number of halogens is 3. The summed E-state index contributed by atoms with van der Waals surface area (Å²) < 4.78 is 64.6. The summed E-state index contributed by atoms with van der Waals surface area (Å²) in [6.45, 7) is 0. The number of rotatable bonds is 1. The van der Waals surface area contributed by atoms with Gasteiger partial charge in [-0.3, -0.25) is 0 Å². The van der Waals surface area contributed by atoms with Crippen LogP contribution in [0.1, 0.15) is 5.56 Å². The van der Waals surface area contributed by atoms with E-state index in [1.807, 2.05) is 0 Å². The molecule has 1 heterocycles. The van der Waals surface area contributed by atoms with Crippen molar-refractivity contribution < 1.29 is 26.3 Å². The van der Waals surface area contributed by atoms with Crippen LogP contribution < -0.4 is 4.74 Å². The highest BCUT2D eigenvalue weighted by Crippen LogP contribution is 2.34. The molecule has 0 saturated heterocycles. The molecule has 0 aliphatic carbocycles. The summed E-state index contributed by atoms with van der Waals surface area (Å²) in [5.74, 6) is 0.0206. The molecule has 2 rings (SSSR count). The zero-order valence-electron chi connectivity index (χ0n) is 9.23. The molecule has 3 nitrogen and oxygen atoms in total. The lowest BCUT2D eigenvalue weighted by Crippen LogP contribution is -2.33. The van der Waals surface area contributed by atoms with Gasteiger partial charge in [0.05, 0.1) is 4.90 Å². The van der Waals surface area contributed by atoms with Crippen LogP contribution in [0.4, 0.5) is 13.2 Å². The van der Waals surface area contributed by atoms with Crippen LogP contribution in [0.2, 0.25) is 0 Å². The van der Waals surface area contributed by atoms with Crippen LogP contribution in [0.3, 0.4) is 0 Å². The zero-order chi connectivity index (χ0) is 13.6. The number of ether oxygens (including phenoxy) is 1. The molecule has 1 aromatic carbocycles. The third kappa shape index (κ3) is 2.50. The molecule has 98 valence electrons. The Balaban J connectivity index is 2.39. The standard InChI is InChI=1S/C11H9F3O3S/c1-18(15,16)8-3-4-9-7(6-8)2-5-10(17-9)11(12,13)14/h2-6,10H,1H3. The van der Waals surface area contributed by atoms with E-state index in [-0.39, 0.29) is 10.6 Å². The van der Waals surface area contributed by atoms with E-state index in [2.05, 4.69) is 0 Å². The van der Waals surface area contributed by atoms with Crippen molar-refractivity contribution in [3.8, 4) is 5.75 Å². The molecule has 1 aliphatic heterocycles. The lowest BCUT2D eigenvalue weighted by Gasteiger charge is -2.23. The lowest BCUT2D eigenvalue weighted by molar-refractivity contribution is -0.180. The molecule has 0 fully saturated rings. The minimum Gasteiger partial charge on any atom is -0.476 e. The predicted octanol–water partition coefficient (Wildman–Crippen LogP) is 2.43. The third-order valence-corrected chi connectivity index (χ3v) is 3.55. The fourth-order valence-corrected chi connectivity index (χ4v) is 2.19. The summed E-state index contributed by atoms with van der Waals surface area (Å²) in [4.78, 5) is 0.0416. The van der Waals surface area contributed by atoms with E-state index in [0.717, 1.165) is 12.3 Å². The van der Waals surface area contributed by atoms with E-state index in [1.165, 1.54) is 24.3 Å². The normalized spacial score (nSPS) is 19.2. The molecule has 1 unspecified atom stereocenters. The Hall–Kier alpha value is -1.50. The van der Waals surface area contributed by atoms with E-state index in [9.17, 15) is 21.6 Å². The Bertz CT molecular complexity index is 602. The molecule has 0 bridgehead atoms. The molecule has 0 aromatic heterocycles. The smallest absolute Gasteiger partial charge is 0.429 e. The zero-order valence-corrected chi connectivity index (χ0v) is 10.0. The number of benzene rings is 1. The average Bonchev–Trinajstić information content (AvgIpc) is 2.25. The van der Waals surface area contributed by atoms with Crippen molar-refractivity contribution in [3.05, 3.63) is 29.8 Å². The second-order valence-corrected chi connectivity index (χ2v) is 5.93. The van der Waals surface area contributed by atoms with E-state index in [0.29, 0.717) is 5.56 Å². The Morgan fingerprint density at radius 1 is 1.28 bits per heavy atom. The van der Waals surface area contributed by atoms with Crippen molar-refractivity contribution >= 4 is 15.9 Å². The SMILES string of the molecule is CS(=O)(=O)c1ccc2c(c1)C=CC(C(F)(F)F)O2. The first-order valence-electron chi connectivity index (χ1n) is 4.93. The van der Waals surface area contributed by atoms with Gasteiger partial charge < -0.3 is 4.74 Å². The minimum atomic E-state index is -4.48. The molecule has 7 heteroatoms. The van der Waals surface area contributed by atoms with Crippen LogP contribution in [-0.4, -0.2) is 27.0 Å². The van der Waals surface area contributed by atoms with E-state index >= 15 is 0 Å². The van der Waals surface area contributed by atoms with Gasteiger partial charge in [-0.1, -0.05) is 6.08 Å². The monoisotopic (exact) mass is 278 g/mol. The van der Waals surface area contributed by atoms with Crippen LogP contribution in [0.5, 0.6) is 5.75 Å². The van der Waals surface area contributed by atoms with Crippen molar-refractivity contribution in [2.45, 2.75) is 17.2 Å². The number of fused-ring (bicyclic) bond motifs is 1. The first-order valence-corrected chi connectivity index (χ1v) is 6.83. The second-order valence-electron chi connectivity index (χ2n) is 3.91. The van der Waals surface area contributed by atoms with Crippen LogP contribution in [0.25, 0.3) is 6.08 Å². The van der Waals surface area contributed by atoms with Crippen LogP contribution in [0, 0.1) is 0 Å². The van der Waals surface area contributed by atoms with Gasteiger partial charge in [0, 0.05) is 11.8 Å². The first kappa shape index (κ1) is 12.9. The Kier molecular flexibility index (Phi) is 2.89. The highest BCUT2D eigenvalue weighted by molar-refractivity contribution is 7.90. The number of sulfone groups is 1. The summed E-state index contributed by atoms with van der Waals surface area (Å²) in [6.07, 6.45) is -3.38. The van der Waals surface area contributed by atoms with Crippen LogP contribution in [-0.2, 0) is 9.84 Å². The lowest BCUT2D eigenvalue weighted by atomic mass is 10.1. The number of hydrogen-bond acceptors (Lipinski definition) is 3. The first-order chi connectivity index (χ1) is 8.18. The molecule has 0 radical (unpaired) electrons. The molecule has 18 heavy (non-hydrogen) atoms. The van der Waals surface area contributed by atoms with Crippen molar-refractivity contribution in [1.82, 2.24) is 0 Å². The van der Waals surface area contributed by atoms with Gasteiger partial charge in [0.1, 0.15) is 5.75 Å². The topological polar surface area (TPSA) is 43.4 Å².